The van der Waals surface area contributed by atoms with Crippen LogP contribution in [-0.2, 0) is 28.7 Å². The highest BCUT2D eigenvalue weighted by atomic mass is 32.2. The van der Waals surface area contributed by atoms with Gasteiger partial charge in [0.15, 0.2) is 5.58 Å². The third-order valence-corrected chi connectivity index (χ3v) is 5.66. The van der Waals surface area contributed by atoms with E-state index in [1.807, 2.05) is 24.4 Å². The number of hydrogen-bond acceptors (Lipinski definition) is 5. The molecule has 126 valence electrons. The second-order valence-electron chi connectivity index (χ2n) is 6.13. The van der Waals surface area contributed by atoms with Crippen molar-refractivity contribution in [3.05, 3.63) is 48.2 Å². The molecule has 3 aromatic rings. The number of sulfonamides is 1. The molecule has 1 aliphatic heterocycles. The topological polar surface area (TPSA) is 90.0 Å². The highest BCUT2D eigenvalue weighted by Crippen LogP contribution is 2.21. The molecule has 8 heteroatoms. The largest absolute Gasteiger partial charge is 0.356 e. The van der Waals surface area contributed by atoms with E-state index in [9.17, 15) is 8.42 Å². The van der Waals surface area contributed by atoms with E-state index >= 15 is 0 Å². The zero-order valence-electron chi connectivity index (χ0n) is 13.1. The molecule has 7 nitrogen and oxygen atoms in total. The molecule has 0 saturated carbocycles. The van der Waals surface area contributed by atoms with Crippen LogP contribution in [0, 0.1) is 5.92 Å². The first-order valence-electron chi connectivity index (χ1n) is 7.91. The van der Waals surface area contributed by atoms with Crippen molar-refractivity contribution in [2.45, 2.75) is 25.1 Å². The van der Waals surface area contributed by atoms with Gasteiger partial charge in [-0.2, -0.15) is 0 Å². The minimum absolute atomic E-state index is 0.174. The minimum Gasteiger partial charge on any atom is -0.356 e. The van der Waals surface area contributed by atoms with Crippen LogP contribution in [0.3, 0.4) is 0 Å². The van der Waals surface area contributed by atoms with Gasteiger partial charge in [-0.1, -0.05) is 17.3 Å². The Morgan fingerprint density at radius 3 is 3.12 bits per heavy atom. The Morgan fingerprint density at radius 1 is 1.33 bits per heavy atom. The van der Waals surface area contributed by atoms with E-state index in [2.05, 4.69) is 19.4 Å². The van der Waals surface area contributed by atoms with Crippen LogP contribution >= 0.6 is 0 Å². The number of aromatic nitrogens is 3. The van der Waals surface area contributed by atoms with E-state index < -0.39 is 10.0 Å². The fourth-order valence-electron chi connectivity index (χ4n) is 3.12. The number of nitrogens with zero attached hydrogens (tertiary/aromatic N) is 3. The summed E-state index contributed by atoms with van der Waals surface area (Å²) < 4.78 is 34.7. The summed E-state index contributed by atoms with van der Waals surface area (Å²) >= 11 is 0. The summed E-state index contributed by atoms with van der Waals surface area (Å²) in [7, 11) is -3.46. The molecule has 0 radical (unpaired) electrons. The summed E-state index contributed by atoms with van der Waals surface area (Å²) in [5.74, 6) is 1.17. The number of benzene rings is 1. The summed E-state index contributed by atoms with van der Waals surface area (Å²) in [5, 5.41) is 4.63. The molecule has 0 aliphatic carbocycles. The fraction of sp³-hybridized carbons (Fsp3) is 0.375. The van der Waals surface area contributed by atoms with Gasteiger partial charge < -0.3 is 9.09 Å². The smallest absolute Gasteiger partial charge is 0.217 e. The molecular weight excluding hydrogens is 328 g/mol. The molecule has 1 unspecified atom stereocenters. The molecular formula is C16H18N4O3S. The number of hydrogen-bond donors (Lipinski definition) is 1. The van der Waals surface area contributed by atoms with Crippen molar-refractivity contribution in [1.82, 2.24) is 19.4 Å². The predicted molar refractivity (Wildman–Crippen MR) is 88.7 cm³/mol. The summed E-state index contributed by atoms with van der Waals surface area (Å²) in [6, 6.07) is 7.26. The van der Waals surface area contributed by atoms with Crippen molar-refractivity contribution in [3.63, 3.8) is 0 Å². The molecule has 1 aliphatic rings. The second kappa shape index (κ2) is 6.03. The molecule has 0 spiro atoms. The zero-order chi connectivity index (χ0) is 16.6. The zero-order valence-corrected chi connectivity index (χ0v) is 13.9. The van der Waals surface area contributed by atoms with Crippen LogP contribution in [0.5, 0.6) is 0 Å². The van der Waals surface area contributed by atoms with Crippen LogP contribution in [0.25, 0.3) is 11.0 Å². The number of nitrogens with one attached hydrogen (secondary N) is 1. The van der Waals surface area contributed by atoms with Gasteiger partial charge in [0.05, 0.1) is 0 Å². The van der Waals surface area contributed by atoms with Gasteiger partial charge in [0.2, 0.25) is 10.0 Å². The molecule has 0 saturated heterocycles. The monoisotopic (exact) mass is 346 g/mol. The first-order valence-corrected chi connectivity index (χ1v) is 9.56. The van der Waals surface area contributed by atoms with Gasteiger partial charge in [-0.3, -0.25) is 0 Å². The summed E-state index contributed by atoms with van der Waals surface area (Å²) in [6.07, 6.45) is 5.55. The third-order valence-electron chi connectivity index (χ3n) is 4.40. The Morgan fingerprint density at radius 2 is 2.21 bits per heavy atom. The predicted octanol–water partition coefficient (Wildman–Crippen LogP) is 1.71. The van der Waals surface area contributed by atoms with Gasteiger partial charge in [0.1, 0.15) is 17.3 Å². The van der Waals surface area contributed by atoms with Crippen molar-refractivity contribution in [3.8, 4) is 0 Å². The average molecular weight is 346 g/mol. The number of aryl methyl sites for hydroxylation is 1. The lowest BCUT2D eigenvalue weighted by Crippen LogP contribution is -2.34. The van der Waals surface area contributed by atoms with Crippen LogP contribution in [0.1, 0.15) is 17.9 Å². The number of para-hydroxylation sites is 1. The number of fused-ring (bicyclic) bond motifs is 2. The molecule has 1 N–H and O–H groups in total. The van der Waals surface area contributed by atoms with Crippen LogP contribution < -0.4 is 4.72 Å². The lowest BCUT2D eigenvalue weighted by atomic mass is 10.00. The van der Waals surface area contributed by atoms with E-state index in [4.69, 9.17) is 4.52 Å². The van der Waals surface area contributed by atoms with E-state index in [0.717, 1.165) is 30.6 Å². The first-order chi connectivity index (χ1) is 11.6. The molecule has 3 heterocycles. The number of rotatable bonds is 5. The Labute approximate surface area is 139 Å². The van der Waals surface area contributed by atoms with Crippen molar-refractivity contribution in [2.75, 3.05) is 6.54 Å². The van der Waals surface area contributed by atoms with E-state index in [-0.39, 0.29) is 11.7 Å². The van der Waals surface area contributed by atoms with E-state index in [1.54, 1.807) is 12.3 Å². The van der Waals surface area contributed by atoms with Crippen LogP contribution in [0.15, 0.2) is 41.2 Å². The van der Waals surface area contributed by atoms with Crippen molar-refractivity contribution in [2.24, 2.45) is 5.92 Å². The van der Waals surface area contributed by atoms with Gasteiger partial charge >= 0.3 is 0 Å². The Bertz CT molecular complexity index is 961. The molecule has 1 aromatic carbocycles. The lowest BCUT2D eigenvalue weighted by molar-refractivity contribution is 0.363. The van der Waals surface area contributed by atoms with Crippen LogP contribution in [0.4, 0.5) is 0 Å². The maximum Gasteiger partial charge on any atom is 0.217 e. The van der Waals surface area contributed by atoms with Gasteiger partial charge in [-0.25, -0.2) is 18.1 Å². The van der Waals surface area contributed by atoms with Gasteiger partial charge in [-0.15, -0.1) is 0 Å². The molecule has 1 atom stereocenters. The molecule has 4 rings (SSSR count). The van der Waals surface area contributed by atoms with Crippen molar-refractivity contribution >= 4 is 21.0 Å². The Kier molecular flexibility index (Phi) is 3.85. The summed E-state index contributed by atoms with van der Waals surface area (Å²) in [4.78, 5) is 4.28. The fourth-order valence-corrected chi connectivity index (χ4v) is 4.28. The lowest BCUT2D eigenvalue weighted by Gasteiger charge is -2.23. The maximum atomic E-state index is 12.4. The SMILES string of the molecule is O=S(=O)(Cc1noc2ccccc12)NCC1CCc2nccn2C1. The highest BCUT2D eigenvalue weighted by molar-refractivity contribution is 7.88. The maximum absolute atomic E-state index is 12.4. The average Bonchev–Trinajstić information content (AvgIpc) is 3.19. The molecule has 2 aromatic heterocycles. The van der Waals surface area contributed by atoms with Crippen LogP contribution in [0.2, 0.25) is 0 Å². The van der Waals surface area contributed by atoms with Crippen molar-refractivity contribution < 1.29 is 12.9 Å². The summed E-state index contributed by atoms with van der Waals surface area (Å²) in [5.41, 5.74) is 1.04. The molecule has 24 heavy (non-hydrogen) atoms. The van der Waals surface area contributed by atoms with E-state index in [1.165, 1.54) is 0 Å². The van der Waals surface area contributed by atoms with Gasteiger partial charge in [0, 0.05) is 37.3 Å². The van der Waals surface area contributed by atoms with Gasteiger partial charge in [0.25, 0.3) is 0 Å². The Balaban J connectivity index is 1.41. The Hall–Kier alpha value is -2.19. The summed E-state index contributed by atoms with van der Waals surface area (Å²) in [6.45, 7) is 1.22. The van der Waals surface area contributed by atoms with Crippen LogP contribution in [-0.4, -0.2) is 29.7 Å². The first kappa shape index (κ1) is 15.3. The molecule has 0 bridgehead atoms. The molecule has 0 fully saturated rings. The second-order valence-corrected chi connectivity index (χ2v) is 7.94. The highest BCUT2D eigenvalue weighted by Gasteiger charge is 2.22. The normalized spacial score (nSPS) is 17.9. The molecule has 0 amide bonds. The third kappa shape index (κ3) is 3.07. The number of imidazole rings is 1. The van der Waals surface area contributed by atoms with Crippen molar-refractivity contribution in [1.29, 1.82) is 0 Å². The standard InChI is InChI=1S/C16H18N4O3S/c21-24(22,11-14-13-3-1-2-4-15(13)23-19-14)18-9-12-5-6-16-17-7-8-20(16)10-12/h1-4,7-8,12,18H,5-6,9-11H2. The quantitative estimate of drug-likeness (QED) is 0.759. The van der Waals surface area contributed by atoms with Gasteiger partial charge in [-0.05, 0) is 24.5 Å². The minimum atomic E-state index is -3.46. The van der Waals surface area contributed by atoms with E-state index in [0.29, 0.717) is 17.8 Å².